The molecule has 8 heteroatoms. The Hall–Kier alpha value is -2.09. The van der Waals surface area contributed by atoms with Crippen molar-refractivity contribution in [3.63, 3.8) is 0 Å². The van der Waals surface area contributed by atoms with Gasteiger partial charge in [0.2, 0.25) is 0 Å². The number of hydrogen-bond donors (Lipinski definition) is 1. The van der Waals surface area contributed by atoms with Crippen LogP contribution in [0.2, 0.25) is 0 Å². The molecule has 1 aromatic rings. The Balaban J connectivity index is 1.88. The van der Waals surface area contributed by atoms with E-state index in [1.54, 1.807) is 18.3 Å². The van der Waals surface area contributed by atoms with E-state index in [4.69, 9.17) is 9.47 Å². The molecule has 1 saturated heterocycles. The van der Waals surface area contributed by atoms with Gasteiger partial charge in [0.15, 0.2) is 0 Å². The van der Waals surface area contributed by atoms with Crippen molar-refractivity contribution in [2.75, 3.05) is 63.3 Å². The van der Waals surface area contributed by atoms with Crippen molar-refractivity contribution in [1.82, 2.24) is 14.9 Å². The highest BCUT2D eigenvalue weighted by Gasteiger charge is 2.22. The van der Waals surface area contributed by atoms with Gasteiger partial charge in [-0.2, -0.15) is 0 Å². The first-order valence-electron chi connectivity index (χ1n) is 7.46. The van der Waals surface area contributed by atoms with Crippen molar-refractivity contribution in [2.45, 2.75) is 6.92 Å². The molecule has 1 N–H and O–H groups in total. The molecular formula is C14H23N5O3. The van der Waals surface area contributed by atoms with Crippen LogP contribution < -0.4 is 10.2 Å². The number of methoxy groups -OCH3 is 1. The molecule has 0 aromatic carbocycles. The molecule has 0 radical (unpaired) electrons. The lowest BCUT2D eigenvalue weighted by molar-refractivity contribution is 0.105. The van der Waals surface area contributed by atoms with E-state index >= 15 is 0 Å². The number of anilines is 2. The minimum Gasteiger partial charge on any atom is -0.450 e. The Labute approximate surface area is 130 Å². The molecule has 0 aliphatic carbocycles. The Kier molecular flexibility index (Phi) is 6.20. The van der Waals surface area contributed by atoms with E-state index in [1.165, 1.54) is 0 Å². The van der Waals surface area contributed by atoms with Crippen LogP contribution in [0.4, 0.5) is 16.4 Å². The minimum atomic E-state index is -0.244. The number of piperazine rings is 1. The highest BCUT2D eigenvalue weighted by molar-refractivity contribution is 5.68. The summed E-state index contributed by atoms with van der Waals surface area (Å²) in [6, 6.07) is 1.91. The summed E-state index contributed by atoms with van der Waals surface area (Å²) >= 11 is 0. The third kappa shape index (κ3) is 4.45. The van der Waals surface area contributed by atoms with Crippen molar-refractivity contribution < 1.29 is 14.3 Å². The van der Waals surface area contributed by atoms with Crippen molar-refractivity contribution in [1.29, 1.82) is 0 Å². The van der Waals surface area contributed by atoms with Crippen molar-refractivity contribution in [3.8, 4) is 0 Å². The number of aromatic nitrogens is 2. The zero-order chi connectivity index (χ0) is 15.8. The molecule has 1 aliphatic rings. The van der Waals surface area contributed by atoms with Crippen LogP contribution in [0, 0.1) is 0 Å². The first-order chi connectivity index (χ1) is 10.7. The van der Waals surface area contributed by atoms with E-state index < -0.39 is 0 Å². The molecule has 1 aromatic heterocycles. The molecule has 2 rings (SSSR count). The minimum absolute atomic E-state index is 0.244. The summed E-state index contributed by atoms with van der Waals surface area (Å²) in [5.74, 6) is 1.63. The van der Waals surface area contributed by atoms with Crippen LogP contribution in [0.1, 0.15) is 6.92 Å². The number of nitrogens with one attached hydrogen (secondary N) is 1. The second-order valence-corrected chi connectivity index (χ2v) is 4.85. The van der Waals surface area contributed by atoms with E-state index in [9.17, 15) is 4.79 Å². The predicted molar refractivity (Wildman–Crippen MR) is 83.2 cm³/mol. The molecule has 2 heterocycles. The standard InChI is InChI=1S/C14H23N5O3/c1-3-22-14(20)19-7-5-18(6-8-19)13-10-12(16-11-17-13)15-4-9-21-2/h10-11H,3-9H2,1-2H3,(H,15,16,17). The van der Waals surface area contributed by atoms with Crippen molar-refractivity contribution in [3.05, 3.63) is 12.4 Å². The van der Waals surface area contributed by atoms with E-state index in [0.29, 0.717) is 32.8 Å². The number of amides is 1. The predicted octanol–water partition coefficient (Wildman–Crippen LogP) is 0.813. The molecule has 1 fully saturated rings. The number of carbonyl (C=O) groups excluding carboxylic acids is 1. The second-order valence-electron chi connectivity index (χ2n) is 4.85. The van der Waals surface area contributed by atoms with Gasteiger partial charge in [-0.15, -0.1) is 0 Å². The Morgan fingerprint density at radius 2 is 2.09 bits per heavy atom. The maximum atomic E-state index is 11.7. The maximum absolute atomic E-state index is 11.7. The van der Waals surface area contributed by atoms with Crippen molar-refractivity contribution in [2.24, 2.45) is 0 Å². The Morgan fingerprint density at radius 1 is 1.32 bits per heavy atom. The highest BCUT2D eigenvalue weighted by Crippen LogP contribution is 2.16. The maximum Gasteiger partial charge on any atom is 0.409 e. The molecule has 0 saturated carbocycles. The van der Waals surface area contributed by atoms with Gasteiger partial charge in [0.1, 0.15) is 18.0 Å². The molecule has 0 unspecified atom stereocenters. The monoisotopic (exact) mass is 309 g/mol. The van der Waals surface area contributed by atoms with Crippen molar-refractivity contribution >= 4 is 17.7 Å². The van der Waals surface area contributed by atoms with Gasteiger partial charge in [-0.05, 0) is 6.92 Å². The van der Waals surface area contributed by atoms with Crippen LogP contribution in [0.25, 0.3) is 0 Å². The molecule has 0 spiro atoms. The van der Waals surface area contributed by atoms with Gasteiger partial charge < -0.3 is 24.6 Å². The smallest absolute Gasteiger partial charge is 0.409 e. The molecule has 1 aliphatic heterocycles. The summed E-state index contributed by atoms with van der Waals surface area (Å²) < 4.78 is 10.0. The van der Waals surface area contributed by atoms with Gasteiger partial charge in [0, 0.05) is 45.9 Å². The third-order valence-corrected chi connectivity index (χ3v) is 3.39. The summed E-state index contributed by atoms with van der Waals surface area (Å²) in [6.45, 7) is 6.26. The van der Waals surface area contributed by atoms with Gasteiger partial charge in [-0.3, -0.25) is 0 Å². The first kappa shape index (κ1) is 16.3. The quantitative estimate of drug-likeness (QED) is 0.779. The SMILES string of the molecule is CCOC(=O)N1CCN(c2cc(NCCOC)ncn2)CC1. The van der Waals surface area contributed by atoms with E-state index in [0.717, 1.165) is 24.7 Å². The fourth-order valence-electron chi connectivity index (χ4n) is 2.23. The number of rotatable bonds is 6. The summed E-state index contributed by atoms with van der Waals surface area (Å²) in [7, 11) is 1.66. The van der Waals surface area contributed by atoms with Crippen LogP contribution in [0.15, 0.2) is 12.4 Å². The molecule has 0 bridgehead atoms. The molecule has 1 amide bonds. The lowest BCUT2D eigenvalue weighted by Crippen LogP contribution is -2.49. The largest absolute Gasteiger partial charge is 0.450 e. The summed E-state index contributed by atoms with van der Waals surface area (Å²) in [5.41, 5.74) is 0. The number of hydrogen-bond acceptors (Lipinski definition) is 7. The van der Waals surface area contributed by atoms with Gasteiger partial charge in [-0.1, -0.05) is 0 Å². The van der Waals surface area contributed by atoms with Crippen LogP contribution in [-0.4, -0.2) is 74.0 Å². The van der Waals surface area contributed by atoms with E-state index in [1.807, 2.05) is 13.0 Å². The number of ether oxygens (including phenoxy) is 2. The van der Waals surface area contributed by atoms with Gasteiger partial charge >= 0.3 is 6.09 Å². The normalized spacial score (nSPS) is 14.8. The first-order valence-corrected chi connectivity index (χ1v) is 7.46. The Morgan fingerprint density at radius 3 is 2.77 bits per heavy atom. The van der Waals surface area contributed by atoms with Crippen LogP contribution in [0.3, 0.4) is 0 Å². The Bertz CT molecular complexity index is 477. The van der Waals surface area contributed by atoms with Crippen LogP contribution in [0.5, 0.6) is 0 Å². The summed E-state index contributed by atoms with van der Waals surface area (Å²) in [4.78, 5) is 24.0. The fraction of sp³-hybridized carbons (Fsp3) is 0.643. The molecule has 8 nitrogen and oxygen atoms in total. The molecular weight excluding hydrogens is 286 g/mol. The highest BCUT2D eigenvalue weighted by atomic mass is 16.6. The number of nitrogens with zero attached hydrogens (tertiary/aromatic N) is 4. The lowest BCUT2D eigenvalue weighted by Gasteiger charge is -2.34. The van der Waals surface area contributed by atoms with Gasteiger partial charge in [0.05, 0.1) is 13.2 Å². The lowest BCUT2D eigenvalue weighted by atomic mass is 10.3. The average Bonchev–Trinajstić information content (AvgIpc) is 2.56. The van der Waals surface area contributed by atoms with Gasteiger partial charge in [-0.25, -0.2) is 14.8 Å². The fourth-order valence-corrected chi connectivity index (χ4v) is 2.23. The van der Waals surface area contributed by atoms with Crippen LogP contribution in [-0.2, 0) is 9.47 Å². The van der Waals surface area contributed by atoms with E-state index in [-0.39, 0.29) is 6.09 Å². The zero-order valence-corrected chi connectivity index (χ0v) is 13.1. The second kappa shape index (κ2) is 8.38. The number of carbonyl (C=O) groups is 1. The molecule has 22 heavy (non-hydrogen) atoms. The molecule has 0 atom stereocenters. The van der Waals surface area contributed by atoms with E-state index in [2.05, 4.69) is 20.2 Å². The average molecular weight is 309 g/mol. The third-order valence-electron chi connectivity index (χ3n) is 3.39. The summed E-state index contributed by atoms with van der Waals surface area (Å²) in [6.07, 6.45) is 1.30. The molecule has 122 valence electrons. The van der Waals surface area contributed by atoms with Crippen LogP contribution >= 0.6 is 0 Å². The summed E-state index contributed by atoms with van der Waals surface area (Å²) in [5, 5.41) is 3.18. The van der Waals surface area contributed by atoms with Gasteiger partial charge in [0.25, 0.3) is 0 Å². The topological polar surface area (TPSA) is 79.8 Å². The zero-order valence-electron chi connectivity index (χ0n) is 13.1.